The summed E-state index contributed by atoms with van der Waals surface area (Å²) in [5.41, 5.74) is 0.601. The van der Waals surface area contributed by atoms with E-state index in [1.165, 1.54) is 0 Å². The summed E-state index contributed by atoms with van der Waals surface area (Å²) >= 11 is 8.18. The molecule has 1 atom stereocenters. The van der Waals surface area contributed by atoms with Crippen molar-refractivity contribution in [3.05, 3.63) is 32.4 Å². The number of hydrogen-bond donors (Lipinski definition) is 1. The lowest BCUT2D eigenvalue weighted by Gasteiger charge is -2.29. The van der Waals surface area contributed by atoms with E-state index in [-0.39, 0.29) is 11.9 Å². The molecular weight excluding hydrogens is 391 g/mol. The molecule has 1 aromatic rings. The summed E-state index contributed by atoms with van der Waals surface area (Å²) in [6, 6.07) is 5.45. The highest BCUT2D eigenvalue weighted by atomic mass is 127. The first-order valence-corrected chi connectivity index (χ1v) is 8.08. The maximum atomic E-state index is 12.1. The van der Waals surface area contributed by atoms with Gasteiger partial charge in [-0.25, -0.2) is 0 Å². The summed E-state index contributed by atoms with van der Waals surface area (Å²) in [6.45, 7) is 6.25. The van der Waals surface area contributed by atoms with E-state index in [0.29, 0.717) is 10.6 Å². The minimum atomic E-state index is -0.0796. The van der Waals surface area contributed by atoms with Gasteiger partial charge in [0.1, 0.15) is 0 Å². The number of ether oxygens (including phenoxy) is 1. The Bertz CT molecular complexity index is 478. The molecule has 1 aromatic carbocycles. The van der Waals surface area contributed by atoms with Crippen LogP contribution < -0.4 is 5.32 Å². The van der Waals surface area contributed by atoms with Gasteiger partial charge in [0.15, 0.2) is 0 Å². The Labute approximate surface area is 137 Å². The molecular formula is C14H18ClIN2O2. The third-order valence-corrected chi connectivity index (χ3v) is 4.77. The quantitative estimate of drug-likeness (QED) is 0.778. The van der Waals surface area contributed by atoms with E-state index in [1.807, 2.05) is 13.0 Å². The van der Waals surface area contributed by atoms with Crippen LogP contribution in [-0.2, 0) is 4.74 Å². The highest BCUT2D eigenvalue weighted by Gasteiger charge is 2.16. The Morgan fingerprint density at radius 3 is 2.85 bits per heavy atom. The van der Waals surface area contributed by atoms with Crippen LogP contribution in [0.5, 0.6) is 0 Å². The predicted molar refractivity (Wildman–Crippen MR) is 88.4 cm³/mol. The number of nitrogens with one attached hydrogen (secondary N) is 1. The van der Waals surface area contributed by atoms with Crippen LogP contribution in [0.1, 0.15) is 17.3 Å². The summed E-state index contributed by atoms with van der Waals surface area (Å²) < 4.78 is 6.26. The highest BCUT2D eigenvalue weighted by Crippen LogP contribution is 2.19. The van der Waals surface area contributed by atoms with Crippen LogP contribution >= 0.6 is 34.2 Å². The Hall–Kier alpha value is -0.370. The Morgan fingerprint density at radius 1 is 1.50 bits per heavy atom. The van der Waals surface area contributed by atoms with Crippen molar-refractivity contribution in [3.8, 4) is 0 Å². The number of morpholine rings is 1. The minimum absolute atomic E-state index is 0.0796. The summed E-state index contributed by atoms with van der Waals surface area (Å²) in [4.78, 5) is 14.4. The second-order valence-corrected chi connectivity index (χ2v) is 6.49. The van der Waals surface area contributed by atoms with Gasteiger partial charge in [0, 0.05) is 34.8 Å². The lowest BCUT2D eigenvalue weighted by atomic mass is 10.2. The molecule has 1 N–H and O–H groups in total. The van der Waals surface area contributed by atoms with Crippen molar-refractivity contribution in [3.63, 3.8) is 0 Å². The van der Waals surface area contributed by atoms with Crippen LogP contribution in [-0.4, -0.2) is 49.7 Å². The minimum Gasteiger partial charge on any atom is -0.379 e. The monoisotopic (exact) mass is 408 g/mol. The molecule has 0 saturated carbocycles. The molecule has 2 rings (SSSR count). The zero-order chi connectivity index (χ0) is 14.5. The van der Waals surface area contributed by atoms with Gasteiger partial charge in [0.25, 0.3) is 5.91 Å². The van der Waals surface area contributed by atoms with Crippen molar-refractivity contribution < 1.29 is 9.53 Å². The number of rotatable bonds is 4. The molecule has 0 spiro atoms. The van der Waals surface area contributed by atoms with Gasteiger partial charge in [-0.1, -0.05) is 11.6 Å². The first-order chi connectivity index (χ1) is 9.56. The first-order valence-electron chi connectivity index (χ1n) is 6.62. The molecule has 0 aliphatic carbocycles. The molecule has 0 bridgehead atoms. The first kappa shape index (κ1) is 16.0. The summed E-state index contributed by atoms with van der Waals surface area (Å²) in [7, 11) is 0. The van der Waals surface area contributed by atoms with Crippen LogP contribution in [0, 0.1) is 3.57 Å². The van der Waals surface area contributed by atoms with Crippen LogP contribution in [0.25, 0.3) is 0 Å². The highest BCUT2D eigenvalue weighted by molar-refractivity contribution is 14.1. The predicted octanol–water partition coefficient (Wildman–Crippen LogP) is 2.40. The summed E-state index contributed by atoms with van der Waals surface area (Å²) in [5.74, 6) is -0.0796. The molecule has 1 fully saturated rings. The molecule has 6 heteroatoms. The van der Waals surface area contributed by atoms with Crippen molar-refractivity contribution >= 4 is 40.1 Å². The molecule has 0 aromatic heterocycles. The zero-order valence-electron chi connectivity index (χ0n) is 11.4. The number of carbonyl (C=O) groups is 1. The third kappa shape index (κ3) is 4.58. The van der Waals surface area contributed by atoms with Gasteiger partial charge in [-0.2, -0.15) is 0 Å². The molecule has 1 aliphatic heterocycles. The van der Waals surface area contributed by atoms with E-state index >= 15 is 0 Å². The van der Waals surface area contributed by atoms with E-state index in [0.717, 1.165) is 36.4 Å². The third-order valence-electron chi connectivity index (χ3n) is 3.20. The molecule has 0 radical (unpaired) electrons. The van der Waals surface area contributed by atoms with Crippen molar-refractivity contribution in [2.45, 2.75) is 13.0 Å². The van der Waals surface area contributed by atoms with Crippen LogP contribution in [0.4, 0.5) is 0 Å². The van der Waals surface area contributed by atoms with Crippen LogP contribution in [0.2, 0.25) is 5.02 Å². The fraction of sp³-hybridized carbons (Fsp3) is 0.500. The van der Waals surface area contributed by atoms with Gasteiger partial charge in [0.2, 0.25) is 0 Å². The number of carbonyl (C=O) groups excluding carboxylic acids is 1. The number of halogens is 2. The molecule has 1 heterocycles. The fourth-order valence-corrected chi connectivity index (χ4v) is 2.68. The second-order valence-electron chi connectivity index (χ2n) is 4.92. The van der Waals surface area contributed by atoms with Crippen molar-refractivity contribution in [1.29, 1.82) is 0 Å². The van der Waals surface area contributed by atoms with Gasteiger partial charge < -0.3 is 10.1 Å². The molecule has 1 amide bonds. The van der Waals surface area contributed by atoms with Crippen LogP contribution in [0.15, 0.2) is 18.2 Å². The van der Waals surface area contributed by atoms with Gasteiger partial charge in [-0.15, -0.1) is 0 Å². The van der Waals surface area contributed by atoms with E-state index in [9.17, 15) is 4.79 Å². The molecule has 110 valence electrons. The largest absolute Gasteiger partial charge is 0.379 e. The molecule has 20 heavy (non-hydrogen) atoms. The number of benzene rings is 1. The fourth-order valence-electron chi connectivity index (χ4n) is 2.16. The molecule has 4 nitrogen and oxygen atoms in total. The lowest BCUT2D eigenvalue weighted by Crippen LogP contribution is -2.46. The smallest absolute Gasteiger partial charge is 0.251 e. The molecule has 1 unspecified atom stereocenters. The Kier molecular flexibility index (Phi) is 6.07. The average molecular weight is 409 g/mol. The van der Waals surface area contributed by atoms with Crippen LogP contribution in [0.3, 0.4) is 0 Å². The topological polar surface area (TPSA) is 41.6 Å². The number of hydrogen-bond acceptors (Lipinski definition) is 3. The van der Waals surface area contributed by atoms with Crippen molar-refractivity contribution in [2.75, 3.05) is 32.8 Å². The average Bonchev–Trinajstić information content (AvgIpc) is 2.42. The molecule has 1 aliphatic rings. The standard InChI is InChI=1S/C14H18ClIN2O2/c1-10(9-18-4-6-20-7-5-18)17-14(19)11-2-3-13(16)12(15)8-11/h2-3,8,10H,4-7,9H2,1H3,(H,17,19). The Morgan fingerprint density at radius 2 is 2.20 bits per heavy atom. The van der Waals surface area contributed by atoms with Gasteiger partial charge in [0.05, 0.1) is 18.2 Å². The lowest BCUT2D eigenvalue weighted by molar-refractivity contribution is 0.0342. The van der Waals surface area contributed by atoms with Gasteiger partial charge in [-0.3, -0.25) is 9.69 Å². The van der Waals surface area contributed by atoms with E-state index in [4.69, 9.17) is 16.3 Å². The number of amides is 1. The summed E-state index contributed by atoms with van der Waals surface area (Å²) in [5, 5.41) is 3.62. The van der Waals surface area contributed by atoms with E-state index in [2.05, 4.69) is 32.8 Å². The summed E-state index contributed by atoms with van der Waals surface area (Å²) in [6.07, 6.45) is 0. The number of nitrogens with zero attached hydrogens (tertiary/aromatic N) is 1. The Balaban J connectivity index is 1.87. The van der Waals surface area contributed by atoms with Gasteiger partial charge in [-0.05, 0) is 47.7 Å². The zero-order valence-corrected chi connectivity index (χ0v) is 14.3. The van der Waals surface area contributed by atoms with E-state index in [1.54, 1.807) is 12.1 Å². The maximum absolute atomic E-state index is 12.1. The van der Waals surface area contributed by atoms with Crippen molar-refractivity contribution in [1.82, 2.24) is 10.2 Å². The molecule has 1 saturated heterocycles. The van der Waals surface area contributed by atoms with E-state index < -0.39 is 0 Å². The van der Waals surface area contributed by atoms with Gasteiger partial charge >= 0.3 is 0 Å². The normalized spacial score (nSPS) is 17.8. The SMILES string of the molecule is CC(CN1CCOCC1)NC(=O)c1ccc(I)c(Cl)c1. The maximum Gasteiger partial charge on any atom is 0.251 e. The second kappa shape index (κ2) is 7.59. The van der Waals surface area contributed by atoms with Crippen molar-refractivity contribution in [2.24, 2.45) is 0 Å².